The first-order valence-electron chi connectivity index (χ1n) is 7.37. The van der Waals surface area contributed by atoms with Crippen molar-refractivity contribution in [3.63, 3.8) is 0 Å². The fourth-order valence-corrected chi connectivity index (χ4v) is 2.69. The van der Waals surface area contributed by atoms with Crippen molar-refractivity contribution in [2.24, 2.45) is 17.3 Å². The molecule has 1 aliphatic heterocycles. The van der Waals surface area contributed by atoms with Crippen LogP contribution in [0.5, 0.6) is 0 Å². The molecule has 1 heterocycles. The Morgan fingerprint density at radius 1 is 1.10 bits per heavy atom. The van der Waals surface area contributed by atoms with Gasteiger partial charge in [-0.1, -0.05) is 69.4 Å². The molecule has 0 radical (unpaired) electrons. The van der Waals surface area contributed by atoms with Gasteiger partial charge in [0.25, 0.3) is 0 Å². The monoisotopic (exact) mass is 280 g/mol. The van der Waals surface area contributed by atoms with E-state index in [0.717, 1.165) is 11.1 Å². The molecule has 2 nitrogen and oxygen atoms in total. The molecule has 108 valence electrons. The number of ether oxygens (including phenoxy) is 1. The van der Waals surface area contributed by atoms with Crippen LogP contribution in [0.15, 0.2) is 71.6 Å². The minimum Gasteiger partial charge on any atom is -0.426 e. The standard InChI is InChI=1S/C19H20O2/c1-13-5-4-6-14(8-7-13)17-15-9-11-19(2,3)12-10-16(15)21-18(17)20/h4-13,17H,1-3H3. The highest BCUT2D eigenvalue weighted by Crippen LogP contribution is 2.38. The number of esters is 1. The zero-order chi connectivity index (χ0) is 15.0. The maximum Gasteiger partial charge on any atom is 0.323 e. The summed E-state index contributed by atoms with van der Waals surface area (Å²) in [6.45, 7) is 6.39. The Balaban J connectivity index is 2.00. The first-order valence-corrected chi connectivity index (χ1v) is 7.37. The molecular weight excluding hydrogens is 260 g/mol. The Hall–Kier alpha value is -2.09. The minimum absolute atomic E-state index is 0.0244. The predicted molar refractivity (Wildman–Crippen MR) is 84.2 cm³/mol. The topological polar surface area (TPSA) is 26.3 Å². The van der Waals surface area contributed by atoms with Crippen LogP contribution in [0.4, 0.5) is 0 Å². The van der Waals surface area contributed by atoms with Crippen molar-refractivity contribution in [3.05, 3.63) is 71.6 Å². The highest BCUT2D eigenvalue weighted by Gasteiger charge is 2.36. The molecule has 3 rings (SSSR count). The maximum absolute atomic E-state index is 12.3. The molecule has 0 aromatic heterocycles. The Kier molecular flexibility index (Phi) is 3.32. The zero-order valence-electron chi connectivity index (χ0n) is 12.7. The van der Waals surface area contributed by atoms with Crippen LogP contribution in [0.1, 0.15) is 20.8 Å². The first-order chi connectivity index (χ1) is 9.96. The second-order valence-electron chi connectivity index (χ2n) is 6.43. The van der Waals surface area contributed by atoms with E-state index in [1.807, 2.05) is 30.4 Å². The van der Waals surface area contributed by atoms with Crippen LogP contribution in [0.2, 0.25) is 0 Å². The molecule has 0 bridgehead atoms. The van der Waals surface area contributed by atoms with Gasteiger partial charge < -0.3 is 4.74 Å². The molecular formula is C19H20O2. The van der Waals surface area contributed by atoms with Crippen LogP contribution in [0.3, 0.4) is 0 Å². The number of hydrogen-bond acceptors (Lipinski definition) is 2. The van der Waals surface area contributed by atoms with Gasteiger partial charge >= 0.3 is 5.97 Å². The third kappa shape index (κ3) is 2.71. The Morgan fingerprint density at radius 2 is 1.86 bits per heavy atom. The number of rotatable bonds is 1. The summed E-state index contributed by atoms with van der Waals surface area (Å²) in [6.07, 6.45) is 18.5. The van der Waals surface area contributed by atoms with Gasteiger partial charge in [0, 0.05) is 11.0 Å². The largest absolute Gasteiger partial charge is 0.426 e. The fourth-order valence-electron chi connectivity index (χ4n) is 2.69. The molecule has 0 N–H and O–H groups in total. The summed E-state index contributed by atoms with van der Waals surface area (Å²) in [5.41, 5.74) is 1.92. The van der Waals surface area contributed by atoms with Crippen LogP contribution in [0.25, 0.3) is 0 Å². The van der Waals surface area contributed by atoms with Gasteiger partial charge in [-0.3, -0.25) is 4.79 Å². The molecule has 0 fully saturated rings. The van der Waals surface area contributed by atoms with Crippen molar-refractivity contribution in [1.29, 1.82) is 0 Å². The quantitative estimate of drug-likeness (QED) is 0.671. The third-order valence-electron chi connectivity index (χ3n) is 4.03. The van der Waals surface area contributed by atoms with Crippen LogP contribution >= 0.6 is 0 Å². The van der Waals surface area contributed by atoms with Gasteiger partial charge in [0.05, 0.1) is 0 Å². The average Bonchev–Trinajstić information content (AvgIpc) is 2.55. The van der Waals surface area contributed by atoms with Gasteiger partial charge in [-0.15, -0.1) is 0 Å². The van der Waals surface area contributed by atoms with Gasteiger partial charge in [0.15, 0.2) is 0 Å². The van der Waals surface area contributed by atoms with Crippen LogP contribution in [0, 0.1) is 17.3 Å². The third-order valence-corrected chi connectivity index (χ3v) is 4.03. The first kappa shape index (κ1) is 13.9. The highest BCUT2D eigenvalue weighted by atomic mass is 16.5. The molecule has 2 unspecified atom stereocenters. The smallest absolute Gasteiger partial charge is 0.323 e. The summed E-state index contributed by atoms with van der Waals surface area (Å²) < 4.78 is 5.48. The van der Waals surface area contributed by atoms with Gasteiger partial charge in [0.2, 0.25) is 0 Å². The summed E-state index contributed by atoms with van der Waals surface area (Å²) >= 11 is 0. The van der Waals surface area contributed by atoms with E-state index in [2.05, 4.69) is 45.1 Å². The van der Waals surface area contributed by atoms with E-state index in [9.17, 15) is 4.79 Å². The Labute approximate surface area is 125 Å². The number of allylic oxidation sites excluding steroid dienone is 9. The predicted octanol–water partition coefficient (Wildman–Crippen LogP) is 4.25. The van der Waals surface area contributed by atoms with E-state index in [4.69, 9.17) is 4.74 Å². The molecule has 2 atom stereocenters. The molecule has 0 aromatic carbocycles. The second kappa shape index (κ2) is 5.03. The van der Waals surface area contributed by atoms with Crippen molar-refractivity contribution < 1.29 is 9.53 Å². The molecule has 0 saturated carbocycles. The fraction of sp³-hybridized carbons (Fsp3) is 0.316. The highest BCUT2D eigenvalue weighted by molar-refractivity contribution is 5.86. The van der Waals surface area contributed by atoms with Crippen molar-refractivity contribution in [3.8, 4) is 0 Å². The lowest BCUT2D eigenvalue weighted by Gasteiger charge is -2.14. The molecule has 0 saturated heterocycles. The van der Waals surface area contributed by atoms with Gasteiger partial charge in [-0.05, 0) is 17.6 Å². The Morgan fingerprint density at radius 3 is 2.67 bits per heavy atom. The molecule has 0 spiro atoms. The lowest BCUT2D eigenvalue weighted by atomic mass is 9.89. The van der Waals surface area contributed by atoms with Gasteiger partial charge in [0.1, 0.15) is 11.7 Å². The normalized spacial score (nSPS) is 29.9. The van der Waals surface area contributed by atoms with Crippen molar-refractivity contribution in [1.82, 2.24) is 0 Å². The van der Waals surface area contributed by atoms with Crippen LogP contribution < -0.4 is 0 Å². The van der Waals surface area contributed by atoms with E-state index in [-0.39, 0.29) is 17.3 Å². The summed E-state index contributed by atoms with van der Waals surface area (Å²) in [5, 5.41) is 0. The summed E-state index contributed by atoms with van der Waals surface area (Å²) in [7, 11) is 0. The van der Waals surface area contributed by atoms with E-state index < -0.39 is 0 Å². The van der Waals surface area contributed by atoms with Crippen LogP contribution in [-0.2, 0) is 9.53 Å². The molecule has 21 heavy (non-hydrogen) atoms. The average molecular weight is 280 g/mol. The van der Waals surface area contributed by atoms with Crippen molar-refractivity contribution in [2.45, 2.75) is 20.8 Å². The summed E-state index contributed by atoms with van der Waals surface area (Å²) in [6, 6.07) is 0. The number of hydrogen-bond donors (Lipinski definition) is 0. The van der Waals surface area contributed by atoms with Gasteiger partial charge in [-0.2, -0.15) is 0 Å². The molecule has 0 aromatic rings. The molecule has 3 aliphatic rings. The van der Waals surface area contributed by atoms with Crippen LogP contribution in [-0.4, -0.2) is 5.97 Å². The van der Waals surface area contributed by atoms with E-state index in [1.54, 1.807) is 0 Å². The lowest BCUT2D eigenvalue weighted by molar-refractivity contribution is -0.138. The summed E-state index contributed by atoms with van der Waals surface area (Å²) in [5.74, 6) is 0.560. The zero-order valence-corrected chi connectivity index (χ0v) is 12.7. The van der Waals surface area contributed by atoms with E-state index in [1.165, 1.54) is 0 Å². The maximum atomic E-state index is 12.3. The number of carbonyl (C=O) groups excluding carboxylic acids is 1. The van der Waals surface area contributed by atoms with E-state index in [0.29, 0.717) is 11.7 Å². The SMILES string of the molecule is CC1C=CC=C(C2C(=O)OC3=C2C=CC(C)(C)C=C3)C=C1. The minimum atomic E-state index is -0.319. The van der Waals surface area contributed by atoms with Crippen molar-refractivity contribution >= 4 is 5.97 Å². The van der Waals surface area contributed by atoms with E-state index >= 15 is 0 Å². The van der Waals surface area contributed by atoms with Crippen molar-refractivity contribution in [2.75, 3.05) is 0 Å². The Bertz CT molecular complexity index is 651. The van der Waals surface area contributed by atoms with Gasteiger partial charge in [-0.25, -0.2) is 0 Å². The molecule has 2 aliphatic carbocycles. The summed E-state index contributed by atoms with van der Waals surface area (Å²) in [4.78, 5) is 12.3. The number of carbonyl (C=O) groups is 1. The molecule has 2 heteroatoms. The second-order valence-corrected chi connectivity index (χ2v) is 6.43. The lowest BCUT2D eigenvalue weighted by Crippen LogP contribution is -2.13. The molecule has 0 amide bonds.